The van der Waals surface area contributed by atoms with Crippen LogP contribution in [0.2, 0.25) is 0 Å². The summed E-state index contributed by atoms with van der Waals surface area (Å²) in [5, 5.41) is 22.2. The Hall–Kier alpha value is -3.68. The van der Waals surface area contributed by atoms with Crippen LogP contribution in [0.5, 0.6) is 0 Å². The number of amides is 1. The lowest BCUT2D eigenvalue weighted by atomic mass is 9.85. The second kappa shape index (κ2) is 10.7. The summed E-state index contributed by atoms with van der Waals surface area (Å²) >= 11 is 0. The highest BCUT2D eigenvalue weighted by molar-refractivity contribution is 6.01. The van der Waals surface area contributed by atoms with E-state index in [9.17, 15) is 9.90 Å². The summed E-state index contributed by atoms with van der Waals surface area (Å²) < 4.78 is 5.77. The van der Waals surface area contributed by atoms with Crippen molar-refractivity contribution in [3.05, 3.63) is 83.9 Å². The molecule has 0 spiro atoms. The largest absolute Gasteiger partial charge is 0.393 e. The number of H-pyrrole nitrogens is 1. The van der Waals surface area contributed by atoms with E-state index in [2.05, 4.69) is 77.6 Å². The van der Waals surface area contributed by atoms with Gasteiger partial charge in [-0.1, -0.05) is 63.2 Å². The number of morpholine rings is 1. The Labute approximate surface area is 235 Å². The van der Waals surface area contributed by atoms with Gasteiger partial charge in [0.1, 0.15) is 0 Å². The molecular weight excluding hydrogens is 500 g/mol. The summed E-state index contributed by atoms with van der Waals surface area (Å²) in [4.78, 5) is 15.9. The van der Waals surface area contributed by atoms with Gasteiger partial charge in [0.25, 0.3) is 5.91 Å². The minimum absolute atomic E-state index is 0.0569. The number of piperidine rings is 1. The Morgan fingerprint density at radius 1 is 1.05 bits per heavy atom. The van der Waals surface area contributed by atoms with E-state index < -0.39 is 0 Å². The van der Waals surface area contributed by atoms with Crippen molar-refractivity contribution in [3.8, 4) is 11.3 Å². The molecule has 0 saturated carbocycles. The van der Waals surface area contributed by atoms with Crippen LogP contribution in [0.15, 0.2) is 72.8 Å². The first-order valence-corrected chi connectivity index (χ1v) is 14.2. The number of fused-ring (bicyclic) bond motifs is 3. The van der Waals surface area contributed by atoms with Gasteiger partial charge in [0.2, 0.25) is 0 Å². The molecule has 2 aliphatic heterocycles. The molecule has 0 radical (unpaired) electrons. The van der Waals surface area contributed by atoms with Gasteiger partial charge in [-0.2, -0.15) is 5.10 Å². The third kappa shape index (κ3) is 5.49. The zero-order valence-electron chi connectivity index (χ0n) is 23.4. The molecule has 4 aromatic rings. The molecule has 40 heavy (non-hydrogen) atoms. The van der Waals surface area contributed by atoms with Crippen molar-refractivity contribution in [2.24, 2.45) is 5.41 Å². The highest BCUT2D eigenvalue weighted by atomic mass is 16.5. The lowest BCUT2D eigenvalue weighted by Gasteiger charge is -2.48. The minimum Gasteiger partial charge on any atom is -0.393 e. The second-order valence-electron chi connectivity index (χ2n) is 12.5. The van der Waals surface area contributed by atoms with Crippen LogP contribution in [0.25, 0.3) is 22.2 Å². The number of hydrogen-bond donors (Lipinski definition) is 3. The van der Waals surface area contributed by atoms with E-state index in [0.717, 1.165) is 52.7 Å². The second-order valence-corrected chi connectivity index (χ2v) is 12.5. The molecule has 2 saturated heterocycles. The molecule has 2 fully saturated rings. The van der Waals surface area contributed by atoms with E-state index in [-0.39, 0.29) is 35.6 Å². The Bertz CT molecular complexity index is 1460. The fourth-order valence-corrected chi connectivity index (χ4v) is 6.27. The van der Waals surface area contributed by atoms with E-state index in [4.69, 9.17) is 4.74 Å². The SMILES string of the molecule is CC(C)(C)CC(NC(=O)c1ccc2[nH]nc(-c3ccc(N4C5COCC4CC(O)C5)cc3)c2c1)c1ccccc1. The van der Waals surface area contributed by atoms with Gasteiger partial charge in [0.15, 0.2) is 0 Å². The Morgan fingerprint density at radius 2 is 1.75 bits per heavy atom. The normalized spacial score (nSPS) is 21.8. The number of carbonyl (C=O) groups excluding carboxylic acids is 1. The van der Waals surface area contributed by atoms with E-state index in [0.29, 0.717) is 18.8 Å². The predicted octanol–water partition coefficient (Wildman–Crippen LogP) is 5.87. The number of aliphatic hydroxyl groups excluding tert-OH is 1. The van der Waals surface area contributed by atoms with Gasteiger partial charge < -0.3 is 20.1 Å². The first-order valence-electron chi connectivity index (χ1n) is 14.2. The molecule has 3 N–H and O–H groups in total. The number of aromatic nitrogens is 2. The third-order valence-electron chi connectivity index (χ3n) is 8.08. The maximum atomic E-state index is 13.5. The topological polar surface area (TPSA) is 90.5 Å². The number of rotatable bonds is 6. The maximum Gasteiger partial charge on any atom is 0.251 e. The van der Waals surface area contributed by atoms with Crippen LogP contribution in [0, 0.1) is 5.41 Å². The van der Waals surface area contributed by atoms with Crippen LogP contribution in [-0.4, -0.2) is 52.6 Å². The number of benzene rings is 3. The molecule has 3 aromatic carbocycles. The van der Waals surface area contributed by atoms with Crippen LogP contribution in [0.1, 0.15) is 62.0 Å². The first-order chi connectivity index (χ1) is 19.2. The number of nitrogens with one attached hydrogen (secondary N) is 2. The lowest BCUT2D eigenvalue weighted by Crippen LogP contribution is -2.58. The van der Waals surface area contributed by atoms with E-state index in [1.807, 2.05) is 36.4 Å². The molecule has 7 heteroatoms. The summed E-state index contributed by atoms with van der Waals surface area (Å²) in [7, 11) is 0. The van der Waals surface area contributed by atoms with Crippen molar-refractivity contribution in [2.75, 3.05) is 18.1 Å². The molecule has 3 heterocycles. The summed E-state index contributed by atoms with van der Waals surface area (Å²) in [5.74, 6) is -0.0939. The third-order valence-corrected chi connectivity index (χ3v) is 8.08. The molecule has 1 aromatic heterocycles. The van der Waals surface area contributed by atoms with Crippen molar-refractivity contribution in [2.45, 2.75) is 64.3 Å². The Kier molecular flexibility index (Phi) is 7.11. The van der Waals surface area contributed by atoms with Gasteiger partial charge in [0, 0.05) is 22.2 Å². The van der Waals surface area contributed by atoms with Crippen molar-refractivity contribution >= 4 is 22.5 Å². The smallest absolute Gasteiger partial charge is 0.251 e. The maximum absolute atomic E-state index is 13.5. The van der Waals surface area contributed by atoms with Crippen molar-refractivity contribution in [1.82, 2.24) is 15.5 Å². The number of carbonyl (C=O) groups is 1. The molecule has 1 amide bonds. The quantitative estimate of drug-likeness (QED) is 0.286. The Morgan fingerprint density at radius 3 is 2.42 bits per heavy atom. The Balaban J connectivity index is 1.25. The zero-order valence-corrected chi connectivity index (χ0v) is 23.4. The fourth-order valence-electron chi connectivity index (χ4n) is 6.27. The van der Waals surface area contributed by atoms with Crippen molar-refractivity contribution < 1.29 is 14.6 Å². The molecule has 3 atom stereocenters. The van der Waals surface area contributed by atoms with Gasteiger partial charge in [-0.05, 0) is 60.6 Å². The van der Waals surface area contributed by atoms with Crippen LogP contribution < -0.4 is 10.2 Å². The summed E-state index contributed by atoms with van der Waals surface area (Å²) in [5.41, 5.74) is 5.61. The van der Waals surface area contributed by atoms with E-state index >= 15 is 0 Å². The number of anilines is 1. The standard InChI is InChI=1S/C33H38N4O3/c1-33(2,3)18-30(21-7-5-4-6-8-21)34-32(39)23-11-14-29-28(15-23)31(36-35-29)22-9-12-24(13-10-22)37-25-16-27(38)17-26(37)20-40-19-25/h4-15,25-27,30,38H,16-20H2,1-3H3,(H,34,39)(H,35,36). The number of ether oxygens (including phenoxy) is 1. The van der Waals surface area contributed by atoms with Crippen LogP contribution in [-0.2, 0) is 4.74 Å². The number of aromatic amines is 1. The molecule has 6 rings (SSSR count). The molecule has 0 aliphatic carbocycles. The van der Waals surface area contributed by atoms with E-state index in [1.54, 1.807) is 0 Å². The highest BCUT2D eigenvalue weighted by Crippen LogP contribution is 2.35. The van der Waals surface area contributed by atoms with Gasteiger partial charge in [0.05, 0.1) is 48.7 Å². The van der Waals surface area contributed by atoms with Gasteiger partial charge in [-0.3, -0.25) is 9.89 Å². The minimum atomic E-state index is -0.257. The number of nitrogens with zero attached hydrogens (tertiary/aromatic N) is 2. The summed E-state index contributed by atoms with van der Waals surface area (Å²) in [6.45, 7) is 7.87. The van der Waals surface area contributed by atoms with Gasteiger partial charge in [-0.25, -0.2) is 0 Å². The molecule has 7 nitrogen and oxygen atoms in total. The van der Waals surface area contributed by atoms with E-state index in [1.165, 1.54) is 0 Å². The number of aliphatic hydroxyl groups is 1. The average molecular weight is 539 g/mol. The van der Waals surface area contributed by atoms with Crippen LogP contribution in [0.4, 0.5) is 5.69 Å². The van der Waals surface area contributed by atoms with Crippen LogP contribution >= 0.6 is 0 Å². The number of hydrogen-bond acceptors (Lipinski definition) is 5. The molecular formula is C33H38N4O3. The fraction of sp³-hybridized carbons (Fsp3) is 0.394. The van der Waals surface area contributed by atoms with Crippen molar-refractivity contribution in [3.63, 3.8) is 0 Å². The predicted molar refractivity (Wildman–Crippen MR) is 158 cm³/mol. The monoisotopic (exact) mass is 538 g/mol. The van der Waals surface area contributed by atoms with Crippen molar-refractivity contribution in [1.29, 1.82) is 0 Å². The zero-order chi connectivity index (χ0) is 27.9. The van der Waals surface area contributed by atoms with Crippen LogP contribution in [0.3, 0.4) is 0 Å². The summed E-state index contributed by atoms with van der Waals surface area (Å²) in [6.07, 6.45) is 2.03. The molecule has 2 aliphatic rings. The molecule has 3 unspecified atom stereocenters. The lowest BCUT2D eigenvalue weighted by molar-refractivity contribution is 0.00124. The highest BCUT2D eigenvalue weighted by Gasteiger charge is 2.38. The summed E-state index contributed by atoms with van der Waals surface area (Å²) in [6, 6.07) is 24.6. The average Bonchev–Trinajstić information content (AvgIpc) is 3.35. The first kappa shape index (κ1) is 26.5. The molecule has 208 valence electrons. The molecule has 2 bridgehead atoms. The van der Waals surface area contributed by atoms with Gasteiger partial charge >= 0.3 is 0 Å². The van der Waals surface area contributed by atoms with Gasteiger partial charge in [-0.15, -0.1) is 0 Å².